The number of carbonyl (C=O) groups is 3. The van der Waals surface area contributed by atoms with Gasteiger partial charge in [-0.15, -0.1) is 23.1 Å². The lowest BCUT2D eigenvalue weighted by Gasteiger charge is -2.52. The Kier molecular flexibility index (Phi) is 6.02. The summed E-state index contributed by atoms with van der Waals surface area (Å²) in [5.74, 6) is -0.831. The fraction of sp³-hybridized carbons (Fsp3) is 0.571. The standard InChI is InChI=1S/C21H26N6O5S2/c1-32-25-14(13-10-34-21(22)23-13)17(28)24-15-18(29)26-16(20(30)31)12(9-33-19(15)26)8-27-5-2-11(3-6-27)4-7-27/h10-11,15,19H,2-9H2,1H3,(H3-,22,23,24,28,30,31)/p+1/b25-14-/t11?,15?,19-,27?/m0/s1. The van der Waals surface area contributed by atoms with Crippen molar-refractivity contribution in [2.24, 2.45) is 11.1 Å². The van der Waals surface area contributed by atoms with Crippen LogP contribution in [0.1, 0.15) is 25.0 Å². The van der Waals surface area contributed by atoms with E-state index < -0.39 is 29.2 Å². The Morgan fingerprint density at radius 3 is 2.65 bits per heavy atom. The molecule has 0 radical (unpaired) electrons. The number of aliphatic carboxylic acids is 1. The molecule has 182 valence electrons. The number of thiazole rings is 1. The minimum atomic E-state index is -1.09. The number of β-lactam (4-membered cyclic amide) rings is 1. The van der Waals surface area contributed by atoms with Crippen molar-refractivity contribution >= 4 is 51.7 Å². The molecule has 5 aliphatic heterocycles. The Morgan fingerprint density at radius 1 is 1.35 bits per heavy atom. The van der Waals surface area contributed by atoms with E-state index in [0.717, 1.165) is 46.9 Å². The van der Waals surface area contributed by atoms with E-state index in [0.29, 0.717) is 12.3 Å². The number of piperidine rings is 3. The monoisotopic (exact) mass is 507 g/mol. The van der Waals surface area contributed by atoms with E-state index in [1.165, 1.54) is 43.0 Å². The first-order chi connectivity index (χ1) is 16.3. The van der Waals surface area contributed by atoms with Crippen molar-refractivity contribution < 1.29 is 28.8 Å². The third-order valence-electron chi connectivity index (χ3n) is 7.26. The summed E-state index contributed by atoms with van der Waals surface area (Å²) < 4.78 is 0.920. The molecule has 0 aliphatic carbocycles. The van der Waals surface area contributed by atoms with Crippen molar-refractivity contribution in [3.05, 3.63) is 22.3 Å². The molecule has 6 heterocycles. The van der Waals surface area contributed by atoms with Crippen LogP contribution in [0.15, 0.2) is 21.8 Å². The summed E-state index contributed by atoms with van der Waals surface area (Å²) in [6, 6.07) is -0.857. The second kappa shape index (κ2) is 8.86. The van der Waals surface area contributed by atoms with Crippen LogP contribution in [-0.4, -0.2) is 93.4 Å². The highest BCUT2D eigenvalue weighted by Crippen LogP contribution is 2.42. The Hall–Kier alpha value is -2.64. The van der Waals surface area contributed by atoms with Crippen molar-refractivity contribution in [1.29, 1.82) is 0 Å². The number of aromatic nitrogens is 1. The van der Waals surface area contributed by atoms with Crippen LogP contribution >= 0.6 is 23.1 Å². The second-order valence-corrected chi connectivity index (χ2v) is 11.2. The van der Waals surface area contributed by atoms with E-state index in [4.69, 9.17) is 10.6 Å². The van der Waals surface area contributed by atoms with Crippen LogP contribution in [0.2, 0.25) is 0 Å². The first-order valence-corrected chi connectivity index (χ1v) is 13.1. The topological polar surface area (TPSA) is 147 Å². The van der Waals surface area contributed by atoms with Crippen molar-refractivity contribution in [2.75, 3.05) is 44.8 Å². The number of hydrogen-bond acceptors (Lipinski definition) is 9. The zero-order valence-corrected chi connectivity index (χ0v) is 20.4. The number of nitrogens with one attached hydrogen (secondary N) is 1. The van der Waals surface area contributed by atoms with Crippen LogP contribution in [0.4, 0.5) is 5.13 Å². The summed E-state index contributed by atoms with van der Waals surface area (Å²) in [5, 5.41) is 17.8. The Morgan fingerprint density at radius 2 is 2.06 bits per heavy atom. The summed E-state index contributed by atoms with van der Waals surface area (Å²) in [4.78, 5) is 48.4. The van der Waals surface area contributed by atoms with Crippen LogP contribution < -0.4 is 11.1 Å². The minimum Gasteiger partial charge on any atom is -0.477 e. The SMILES string of the molecule is CO/N=C(\C(=O)NC1C(=O)N2C(C(=O)O)=C(C[N+]34CCC(CC3)CC4)CS[C@@H]12)c1csc(N)n1. The first kappa shape index (κ1) is 23.1. The maximum absolute atomic E-state index is 13.1. The summed E-state index contributed by atoms with van der Waals surface area (Å²) in [7, 11) is 1.30. The molecule has 4 fully saturated rings. The molecule has 2 atom stereocenters. The third-order valence-corrected chi connectivity index (χ3v) is 9.27. The van der Waals surface area contributed by atoms with Gasteiger partial charge in [-0.2, -0.15) is 0 Å². The number of amides is 2. The average molecular weight is 508 g/mol. The number of rotatable bonds is 7. The molecular formula is C21H27N6O5S2+. The van der Waals surface area contributed by atoms with Crippen molar-refractivity contribution in [1.82, 2.24) is 15.2 Å². The molecule has 0 saturated carbocycles. The fourth-order valence-corrected chi connectivity index (χ4v) is 7.37. The van der Waals surface area contributed by atoms with Gasteiger partial charge < -0.3 is 25.5 Å². The van der Waals surface area contributed by atoms with Crippen molar-refractivity contribution in [3.63, 3.8) is 0 Å². The van der Waals surface area contributed by atoms with E-state index in [9.17, 15) is 19.5 Å². The predicted octanol–water partition coefficient (Wildman–Crippen LogP) is 0.445. The fourth-order valence-electron chi connectivity index (χ4n) is 5.49. The minimum absolute atomic E-state index is 0.0810. The zero-order valence-electron chi connectivity index (χ0n) is 18.7. The predicted molar refractivity (Wildman–Crippen MR) is 127 cm³/mol. The number of quaternary nitrogens is 1. The molecular weight excluding hydrogens is 480 g/mol. The van der Waals surface area contributed by atoms with E-state index >= 15 is 0 Å². The molecule has 1 aromatic heterocycles. The van der Waals surface area contributed by atoms with Gasteiger partial charge in [0.1, 0.15) is 36.5 Å². The first-order valence-electron chi connectivity index (χ1n) is 11.2. The smallest absolute Gasteiger partial charge is 0.352 e. The van der Waals surface area contributed by atoms with Gasteiger partial charge in [-0.1, -0.05) is 5.16 Å². The summed E-state index contributed by atoms with van der Waals surface area (Å²) >= 11 is 2.64. The van der Waals surface area contributed by atoms with Crippen molar-refractivity contribution in [2.45, 2.75) is 30.7 Å². The number of carboxylic acids is 1. The summed E-state index contributed by atoms with van der Waals surface area (Å²) in [6.07, 6.45) is 3.58. The number of nitrogen functional groups attached to an aromatic ring is 1. The van der Waals surface area contributed by atoms with Crippen LogP contribution in [0.25, 0.3) is 0 Å². The average Bonchev–Trinajstić information content (AvgIpc) is 3.27. The Balaban J connectivity index is 1.33. The molecule has 2 amide bonds. The van der Waals surface area contributed by atoms with Gasteiger partial charge in [0, 0.05) is 16.7 Å². The highest BCUT2D eigenvalue weighted by molar-refractivity contribution is 8.00. The molecule has 34 heavy (non-hydrogen) atoms. The molecule has 4 N–H and O–H groups in total. The number of hydrogen-bond donors (Lipinski definition) is 3. The number of nitrogens with zero attached hydrogens (tertiary/aromatic N) is 4. The van der Waals surface area contributed by atoms with Gasteiger partial charge in [0.2, 0.25) is 0 Å². The molecule has 13 heteroatoms. The maximum Gasteiger partial charge on any atom is 0.352 e. The number of anilines is 1. The van der Waals surface area contributed by atoms with E-state index in [1.54, 1.807) is 5.38 Å². The molecule has 1 aromatic rings. The van der Waals surface area contributed by atoms with Gasteiger partial charge in [-0.25, -0.2) is 9.78 Å². The van der Waals surface area contributed by atoms with Crippen LogP contribution in [-0.2, 0) is 19.2 Å². The molecule has 5 aliphatic rings. The van der Waals surface area contributed by atoms with Crippen LogP contribution in [0.3, 0.4) is 0 Å². The van der Waals surface area contributed by atoms with Crippen LogP contribution in [0, 0.1) is 5.92 Å². The lowest BCUT2D eigenvalue weighted by molar-refractivity contribution is -0.938. The number of thioether (sulfide) groups is 1. The lowest BCUT2D eigenvalue weighted by Crippen LogP contribution is -2.71. The number of nitrogens with two attached hydrogens (primary N) is 1. The number of oxime groups is 1. The normalized spacial score (nSPS) is 30.6. The van der Waals surface area contributed by atoms with E-state index in [2.05, 4.69) is 15.5 Å². The lowest BCUT2D eigenvalue weighted by atomic mass is 9.85. The van der Waals surface area contributed by atoms with Gasteiger partial charge in [-0.05, 0) is 25.2 Å². The highest BCUT2D eigenvalue weighted by Gasteiger charge is 2.55. The van der Waals surface area contributed by atoms with Gasteiger partial charge in [0.25, 0.3) is 11.8 Å². The highest BCUT2D eigenvalue weighted by atomic mass is 32.2. The molecule has 4 saturated heterocycles. The zero-order chi connectivity index (χ0) is 24.0. The Bertz CT molecular complexity index is 1080. The van der Waals surface area contributed by atoms with Crippen molar-refractivity contribution in [3.8, 4) is 0 Å². The number of fused-ring (bicyclic) bond motifs is 4. The second-order valence-electron chi connectivity index (χ2n) is 9.21. The maximum atomic E-state index is 13.1. The van der Waals surface area contributed by atoms with Gasteiger partial charge >= 0.3 is 5.97 Å². The van der Waals surface area contributed by atoms with Gasteiger partial charge in [0.15, 0.2) is 10.8 Å². The van der Waals surface area contributed by atoms with Gasteiger partial charge in [-0.3, -0.25) is 14.5 Å². The largest absolute Gasteiger partial charge is 0.477 e. The quantitative estimate of drug-likeness (QED) is 0.209. The van der Waals surface area contributed by atoms with E-state index in [1.807, 2.05) is 0 Å². The van der Waals surface area contributed by atoms with Gasteiger partial charge in [0.05, 0.1) is 19.6 Å². The number of carboxylic acid groups (broad SMARTS) is 1. The molecule has 6 rings (SSSR count). The third kappa shape index (κ3) is 3.95. The molecule has 0 spiro atoms. The molecule has 0 aromatic carbocycles. The Labute approximate surface area is 204 Å². The molecule has 11 nitrogen and oxygen atoms in total. The van der Waals surface area contributed by atoms with Crippen LogP contribution in [0.5, 0.6) is 0 Å². The molecule has 1 unspecified atom stereocenters. The number of carbonyl (C=O) groups excluding carboxylic acids is 2. The van der Waals surface area contributed by atoms with E-state index in [-0.39, 0.29) is 22.2 Å². The summed E-state index contributed by atoms with van der Waals surface area (Å²) in [6.45, 7) is 3.89. The molecule has 2 bridgehead atoms. The summed E-state index contributed by atoms with van der Waals surface area (Å²) in [5.41, 5.74) is 6.70.